The number of nitrogens with zero attached hydrogens (tertiary/aromatic N) is 1. The summed E-state index contributed by atoms with van der Waals surface area (Å²) in [5.41, 5.74) is 2.27. The van der Waals surface area contributed by atoms with Crippen molar-refractivity contribution < 1.29 is 4.79 Å². The lowest BCUT2D eigenvalue weighted by atomic mass is 9.75. The maximum atomic E-state index is 12.5. The minimum absolute atomic E-state index is 0.174. The zero-order chi connectivity index (χ0) is 14.9. The van der Waals surface area contributed by atoms with Crippen LogP contribution >= 0.6 is 15.9 Å². The van der Waals surface area contributed by atoms with Crippen LogP contribution in [-0.4, -0.2) is 23.9 Å². The van der Waals surface area contributed by atoms with E-state index in [0.29, 0.717) is 5.41 Å². The Bertz CT molecular complexity index is 496. The summed E-state index contributed by atoms with van der Waals surface area (Å²) < 4.78 is 1.06. The van der Waals surface area contributed by atoms with E-state index in [1.54, 1.807) is 0 Å². The maximum Gasteiger partial charge on any atom is 0.253 e. The number of piperidine rings is 1. The summed E-state index contributed by atoms with van der Waals surface area (Å²) in [5, 5.41) is 0. The number of carbonyl (C=O) groups is 1. The number of amides is 1. The van der Waals surface area contributed by atoms with Crippen LogP contribution in [0.5, 0.6) is 0 Å². The van der Waals surface area contributed by atoms with Gasteiger partial charge in [0, 0.05) is 23.1 Å². The zero-order valence-electron chi connectivity index (χ0n) is 12.9. The number of hydrogen-bond acceptors (Lipinski definition) is 1. The number of hydrogen-bond donors (Lipinski definition) is 0. The van der Waals surface area contributed by atoms with Gasteiger partial charge in [0.25, 0.3) is 5.91 Å². The number of benzene rings is 1. The van der Waals surface area contributed by atoms with Crippen LogP contribution < -0.4 is 0 Å². The van der Waals surface area contributed by atoms with E-state index in [0.717, 1.165) is 47.4 Å². The molecule has 0 saturated carbocycles. The highest BCUT2D eigenvalue weighted by molar-refractivity contribution is 9.10. The molecule has 0 aromatic heterocycles. The Morgan fingerprint density at radius 2 is 1.85 bits per heavy atom. The van der Waals surface area contributed by atoms with Crippen molar-refractivity contribution in [3.05, 3.63) is 33.8 Å². The van der Waals surface area contributed by atoms with Gasteiger partial charge in [-0.1, -0.05) is 36.7 Å². The van der Waals surface area contributed by atoms with Crippen molar-refractivity contribution in [1.29, 1.82) is 0 Å². The van der Waals surface area contributed by atoms with Crippen molar-refractivity contribution in [2.24, 2.45) is 11.3 Å². The van der Waals surface area contributed by atoms with Gasteiger partial charge in [0.15, 0.2) is 0 Å². The molecule has 0 spiro atoms. The highest BCUT2D eigenvalue weighted by atomic mass is 79.9. The molecule has 1 aliphatic rings. The SMILES string of the molecule is Cc1cc(C(=O)N2CCC(C(C)(C)C)CC2)ccc1Br. The molecule has 0 unspecified atom stereocenters. The summed E-state index contributed by atoms with van der Waals surface area (Å²) in [5.74, 6) is 0.895. The summed E-state index contributed by atoms with van der Waals surface area (Å²) in [6, 6.07) is 5.85. The van der Waals surface area contributed by atoms with Gasteiger partial charge in [-0.3, -0.25) is 4.79 Å². The van der Waals surface area contributed by atoms with E-state index >= 15 is 0 Å². The van der Waals surface area contributed by atoms with Crippen LogP contribution in [0.3, 0.4) is 0 Å². The van der Waals surface area contributed by atoms with Gasteiger partial charge in [-0.05, 0) is 54.9 Å². The largest absolute Gasteiger partial charge is 0.339 e. The molecular weight excluding hydrogens is 314 g/mol. The van der Waals surface area contributed by atoms with Gasteiger partial charge >= 0.3 is 0 Å². The second-order valence-electron chi connectivity index (χ2n) is 6.90. The molecule has 3 heteroatoms. The molecule has 1 amide bonds. The summed E-state index contributed by atoms with van der Waals surface area (Å²) in [6.07, 6.45) is 2.23. The van der Waals surface area contributed by atoms with Gasteiger partial charge in [0.2, 0.25) is 0 Å². The molecule has 1 heterocycles. The Labute approximate surface area is 130 Å². The lowest BCUT2D eigenvalue weighted by Gasteiger charge is -2.38. The normalized spacial score (nSPS) is 17.4. The number of carbonyl (C=O) groups excluding carboxylic acids is 1. The van der Waals surface area contributed by atoms with E-state index in [2.05, 4.69) is 36.7 Å². The standard InChI is InChI=1S/C17H24BrNO/c1-12-11-13(5-6-15(12)18)16(20)19-9-7-14(8-10-19)17(2,3)4/h5-6,11,14H,7-10H2,1-4H3. The van der Waals surface area contributed by atoms with Crippen molar-refractivity contribution in [2.75, 3.05) is 13.1 Å². The Morgan fingerprint density at radius 1 is 1.25 bits per heavy atom. The lowest BCUT2D eigenvalue weighted by Crippen LogP contribution is -2.41. The molecule has 20 heavy (non-hydrogen) atoms. The van der Waals surface area contributed by atoms with Gasteiger partial charge in [-0.25, -0.2) is 0 Å². The van der Waals surface area contributed by atoms with Crippen molar-refractivity contribution in [1.82, 2.24) is 4.90 Å². The van der Waals surface area contributed by atoms with Crippen molar-refractivity contribution in [3.8, 4) is 0 Å². The molecule has 0 N–H and O–H groups in total. The van der Waals surface area contributed by atoms with E-state index in [1.165, 1.54) is 0 Å². The van der Waals surface area contributed by atoms with E-state index in [1.807, 2.05) is 30.0 Å². The minimum atomic E-state index is 0.174. The summed E-state index contributed by atoms with van der Waals surface area (Å²) in [6.45, 7) is 10.7. The minimum Gasteiger partial charge on any atom is -0.339 e. The number of rotatable bonds is 1. The third-order valence-electron chi connectivity index (χ3n) is 4.41. The quantitative estimate of drug-likeness (QED) is 0.729. The molecule has 0 radical (unpaired) electrons. The summed E-state index contributed by atoms with van der Waals surface area (Å²) in [7, 11) is 0. The molecule has 1 saturated heterocycles. The Morgan fingerprint density at radius 3 is 2.35 bits per heavy atom. The topological polar surface area (TPSA) is 20.3 Å². The molecule has 0 atom stereocenters. The summed E-state index contributed by atoms with van der Waals surface area (Å²) in [4.78, 5) is 14.5. The highest BCUT2D eigenvalue weighted by Crippen LogP contribution is 2.34. The Kier molecular flexibility index (Phi) is 4.58. The van der Waals surface area contributed by atoms with E-state index in [-0.39, 0.29) is 5.91 Å². The van der Waals surface area contributed by atoms with Crippen LogP contribution in [0, 0.1) is 18.3 Å². The molecule has 1 aromatic rings. The van der Waals surface area contributed by atoms with Gasteiger partial charge < -0.3 is 4.90 Å². The predicted molar refractivity (Wildman–Crippen MR) is 87.0 cm³/mol. The summed E-state index contributed by atoms with van der Waals surface area (Å²) >= 11 is 3.48. The lowest BCUT2D eigenvalue weighted by molar-refractivity contribution is 0.0608. The van der Waals surface area contributed by atoms with Crippen LogP contribution in [0.15, 0.2) is 22.7 Å². The van der Waals surface area contributed by atoms with Crippen LogP contribution in [0.25, 0.3) is 0 Å². The molecule has 1 aromatic carbocycles. The zero-order valence-corrected chi connectivity index (χ0v) is 14.5. The van der Waals surface area contributed by atoms with Crippen LogP contribution in [0.4, 0.5) is 0 Å². The Hall–Kier alpha value is -0.830. The fourth-order valence-corrected chi connectivity index (χ4v) is 3.16. The Balaban J connectivity index is 2.03. The van der Waals surface area contributed by atoms with Crippen LogP contribution in [0.2, 0.25) is 0 Å². The van der Waals surface area contributed by atoms with Crippen LogP contribution in [0.1, 0.15) is 49.5 Å². The third-order valence-corrected chi connectivity index (χ3v) is 5.30. The molecule has 0 bridgehead atoms. The monoisotopic (exact) mass is 337 g/mol. The fourth-order valence-electron chi connectivity index (χ4n) is 2.91. The average molecular weight is 338 g/mol. The molecule has 0 aliphatic carbocycles. The van der Waals surface area contributed by atoms with Crippen molar-refractivity contribution in [2.45, 2.75) is 40.5 Å². The van der Waals surface area contributed by atoms with Crippen LogP contribution in [-0.2, 0) is 0 Å². The first-order chi connectivity index (χ1) is 9.29. The number of aryl methyl sites for hydroxylation is 1. The van der Waals surface area contributed by atoms with Crippen molar-refractivity contribution in [3.63, 3.8) is 0 Å². The molecule has 110 valence electrons. The van der Waals surface area contributed by atoms with Gasteiger partial charge in [-0.2, -0.15) is 0 Å². The fraction of sp³-hybridized carbons (Fsp3) is 0.588. The molecule has 1 aliphatic heterocycles. The van der Waals surface area contributed by atoms with E-state index in [9.17, 15) is 4.79 Å². The number of likely N-dealkylation sites (tertiary alicyclic amines) is 1. The average Bonchev–Trinajstić information content (AvgIpc) is 2.40. The molecule has 1 fully saturated rings. The molecular formula is C17H24BrNO. The van der Waals surface area contributed by atoms with E-state index in [4.69, 9.17) is 0 Å². The maximum absolute atomic E-state index is 12.5. The first-order valence-electron chi connectivity index (χ1n) is 7.34. The second kappa shape index (κ2) is 5.88. The molecule has 2 rings (SSSR count). The molecule has 2 nitrogen and oxygen atoms in total. The predicted octanol–water partition coefficient (Wildman–Crippen LogP) is 4.66. The first kappa shape index (κ1) is 15.6. The van der Waals surface area contributed by atoms with Crippen molar-refractivity contribution >= 4 is 21.8 Å². The number of halogens is 1. The van der Waals surface area contributed by atoms with E-state index < -0.39 is 0 Å². The third kappa shape index (κ3) is 3.43. The first-order valence-corrected chi connectivity index (χ1v) is 8.14. The van der Waals surface area contributed by atoms with Gasteiger partial charge in [0.05, 0.1) is 0 Å². The smallest absolute Gasteiger partial charge is 0.253 e. The van der Waals surface area contributed by atoms with Gasteiger partial charge in [-0.15, -0.1) is 0 Å². The highest BCUT2D eigenvalue weighted by Gasteiger charge is 2.30. The van der Waals surface area contributed by atoms with Gasteiger partial charge in [0.1, 0.15) is 0 Å². The second-order valence-corrected chi connectivity index (χ2v) is 7.75.